The molecule has 0 atom stereocenters. The summed E-state index contributed by atoms with van der Waals surface area (Å²) in [5, 5.41) is 1.25. The minimum Gasteiger partial charge on any atom is -0.459 e. The van der Waals surface area contributed by atoms with Crippen LogP contribution in [0.3, 0.4) is 0 Å². The highest BCUT2D eigenvalue weighted by Crippen LogP contribution is 2.26. The van der Waals surface area contributed by atoms with Crippen molar-refractivity contribution in [2.75, 3.05) is 12.2 Å². The number of rotatable bonds is 3. The van der Waals surface area contributed by atoms with Crippen LogP contribution in [0.1, 0.15) is 21.7 Å². The van der Waals surface area contributed by atoms with Gasteiger partial charge >= 0.3 is 5.91 Å². The molecular weight excluding hydrogens is 230 g/mol. The fourth-order valence-corrected chi connectivity index (χ4v) is 1.90. The lowest BCUT2D eigenvalue weighted by atomic mass is 10.1. The summed E-state index contributed by atoms with van der Waals surface area (Å²) in [6.07, 6.45) is 1.46. The summed E-state index contributed by atoms with van der Waals surface area (Å²) in [6, 6.07) is 9.10. The van der Waals surface area contributed by atoms with E-state index in [-0.39, 0.29) is 11.7 Å². The number of hydrogen-bond acceptors (Lipinski definition) is 3. The predicted molar refractivity (Wildman–Crippen MR) is 68.4 cm³/mol. The first-order valence-corrected chi connectivity index (χ1v) is 5.63. The van der Waals surface area contributed by atoms with Gasteiger partial charge in [0, 0.05) is 0 Å². The van der Waals surface area contributed by atoms with E-state index in [9.17, 15) is 4.79 Å². The SMILES string of the molecule is CON(C(=O)c1ccco1)c1c(C)cccc1C. The minimum atomic E-state index is -0.320. The quantitative estimate of drug-likeness (QED) is 0.780. The van der Waals surface area contributed by atoms with Crippen molar-refractivity contribution in [3.8, 4) is 0 Å². The molecular formula is C14H15NO3. The van der Waals surface area contributed by atoms with Crippen LogP contribution < -0.4 is 5.06 Å². The predicted octanol–water partition coefficient (Wildman–Crippen LogP) is 3.10. The average Bonchev–Trinajstić information content (AvgIpc) is 2.87. The van der Waals surface area contributed by atoms with Crippen molar-refractivity contribution in [3.63, 3.8) is 0 Å². The van der Waals surface area contributed by atoms with E-state index in [1.165, 1.54) is 18.4 Å². The maximum Gasteiger partial charge on any atom is 0.317 e. The molecule has 1 heterocycles. The Bertz CT molecular complexity index is 526. The lowest BCUT2D eigenvalue weighted by Crippen LogP contribution is -2.30. The normalized spacial score (nSPS) is 10.4. The van der Waals surface area contributed by atoms with Gasteiger partial charge in [-0.25, -0.2) is 0 Å². The highest BCUT2D eigenvalue weighted by Gasteiger charge is 2.22. The molecule has 94 valence electrons. The first kappa shape index (κ1) is 12.4. The van der Waals surface area contributed by atoms with Crippen LogP contribution in [0.15, 0.2) is 41.0 Å². The average molecular weight is 245 g/mol. The van der Waals surface area contributed by atoms with Gasteiger partial charge in [-0.05, 0) is 37.1 Å². The van der Waals surface area contributed by atoms with Crippen molar-refractivity contribution < 1.29 is 14.0 Å². The van der Waals surface area contributed by atoms with Gasteiger partial charge in [-0.1, -0.05) is 18.2 Å². The molecule has 4 heteroatoms. The molecule has 0 spiro atoms. The number of para-hydroxylation sites is 1. The Kier molecular flexibility index (Phi) is 3.48. The molecule has 0 fully saturated rings. The third-order valence-corrected chi connectivity index (χ3v) is 2.74. The first-order chi connectivity index (χ1) is 8.65. The van der Waals surface area contributed by atoms with Gasteiger partial charge in [-0.3, -0.25) is 9.63 Å². The first-order valence-electron chi connectivity index (χ1n) is 5.63. The van der Waals surface area contributed by atoms with E-state index in [4.69, 9.17) is 9.25 Å². The number of carbonyl (C=O) groups excluding carboxylic acids is 1. The molecule has 0 aliphatic heterocycles. The largest absolute Gasteiger partial charge is 0.459 e. The Labute approximate surface area is 106 Å². The second-order valence-corrected chi connectivity index (χ2v) is 4.00. The molecule has 2 aromatic rings. The monoisotopic (exact) mass is 245 g/mol. The van der Waals surface area contributed by atoms with Crippen LogP contribution >= 0.6 is 0 Å². The zero-order valence-corrected chi connectivity index (χ0v) is 10.6. The number of hydrogen-bond donors (Lipinski definition) is 0. The van der Waals surface area contributed by atoms with Crippen LogP contribution in [0, 0.1) is 13.8 Å². The Morgan fingerprint density at radius 3 is 2.33 bits per heavy atom. The Morgan fingerprint density at radius 2 is 1.83 bits per heavy atom. The Balaban J connectivity index is 2.43. The number of anilines is 1. The molecule has 0 saturated carbocycles. The van der Waals surface area contributed by atoms with Crippen molar-refractivity contribution in [1.82, 2.24) is 0 Å². The topological polar surface area (TPSA) is 42.7 Å². The van der Waals surface area contributed by atoms with E-state index in [2.05, 4.69) is 0 Å². The summed E-state index contributed by atoms with van der Waals surface area (Å²) in [5.74, 6) is -0.0700. The van der Waals surface area contributed by atoms with Crippen LogP contribution in [-0.2, 0) is 4.84 Å². The molecule has 1 aromatic heterocycles. The van der Waals surface area contributed by atoms with Crippen molar-refractivity contribution in [2.24, 2.45) is 0 Å². The molecule has 0 unspecified atom stereocenters. The number of hydroxylamine groups is 1. The van der Waals surface area contributed by atoms with Crippen LogP contribution in [0.5, 0.6) is 0 Å². The van der Waals surface area contributed by atoms with E-state index in [1.807, 2.05) is 32.0 Å². The van der Waals surface area contributed by atoms with Crippen molar-refractivity contribution >= 4 is 11.6 Å². The maximum atomic E-state index is 12.2. The van der Waals surface area contributed by atoms with Gasteiger partial charge in [0.2, 0.25) is 0 Å². The zero-order valence-electron chi connectivity index (χ0n) is 10.6. The summed E-state index contributed by atoms with van der Waals surface area (Å²) >= 11 is 0. The number of carbonyl (C=O) groups is 1. The zero-order chi connectivity index (χ0) is 13.1. The molecule has 18 heavy (non-hydrogen) atoms. The highest BCUT2D eigenvalue weighted by molar-refractivity contribution is 6.03. The van der Waals surface area contributed by atoms with Gasteiger partial charge in [0.25, 0.3) is 0 Å². The Hall–Kier alpha value is -2.07. The molecule has 0 saturated heterocycles. The number of furan rings is 1. The summed E-state index contributed by atoms with van der Waals surface area (Å²) < 4.78 is 5.11. The van der Waals surface area contributed by atoms with Crippen LogP contribution in [-0.4, -0.2) is 13.0 Å². The molecule has 1 amide bonds. The number of benzene rings is 1. The lowest BCUT2D eigenvalue weighted by Gasteiger charge is -2.22. The van der Waals surface area contributed by atoms with Gasteiger partial charge in [0.1, 0.15) is 0 Å². The van der Waals surface area contributed by atoms with Gasteiger partial charge in [-0.15, -0.1) is 0 Å². The maximum absolute atomic E-state index is 12.2. The van der Waals surface area contributed by atoms with Crippen molar-refractivity contribution in [3.05, 3.63) is 53.5 Å². The molecule has 0 bridgehead atoms. The molecule has 0 aliphatic rings. The molecule has 1 aromatic carbocycles. The second kappa shape index (κ2) is 5.06. The fourth-order valence-electron chi connectivity index (χ4n) is 1.90. The third-order valence-electron chi connectivity index (χ3n) is 2.74. The summed E-state index contributed by atoms with van der Waals surface area (Å²) in [4.78, 5) is 17.5. The van der Waals surface area contributed by atoms with E-state index in [1.54, 1.807) is 12.1 Å². The van der Waals surface area contributed by atoms with Gasteiger partial charge in [0.05, 0.1) is 19.1 Å². The van der Waals surface area contributed by atoms with Crippen molar-refractivity contribution in [2.45, 2.75) is 13.8 Å². The third kappa shape index (κ3) is 2.15. The summed E-state index contributed by atoms with van der Waals surface area (Å²) in [7, 11) is 1.46. The van der Waals surface area contributed by atoms with E-state index in [0.717, 1.165) is 16.8 Å². The highest BCUT2D eigenvalue weighted by atomic mass is 16.7. The summed E-state index contributed by atoms with van der Waals surface area (Å²) in [6.45, 7) is 3.87. The van der Waals surface area contributed by atoms with Crippen molar-refractivity contribution in [1.29, 1.82) is 0 Å². The molecule has 2 rings (SSSR count). The van der Waals surface area contributed by atoms with E-state index >= 15 is 0 Å². The van der Waals surface area contributed by atoms with Gasteiger partial charge in [-0.2, -0.15) is 5.06 Å². The van der Waals surface area contributed by atoms with Gasteiger partial charge < -0.3 is 4.42 Å². The van der Waals surface area contributed by atoms with Crippen LogP contribution in [0.4, 0.5) is 5.69 Å². The fraction of sp³-hybridized carbons (Fsp3) is 0.214. The minimum absolute atomic E-state index is 0.250. The number of nitrogens with zero attached hydrogens (tertiary/aromatic N) is 1. The Morgan fingerprint density at radius 1 is 1.17 bits per heavy atom. The molecule has 0 aliphatic carbocycles. The van der Waals surface area contributed by atoms with E-state index < -0.39 is 0 Å². The van der Waals surface area contributed by atoms with Crippen LogP contribution in [0.2, 0.25) is 0 Å². The second-order valence-electron chi connectivity index (χ2n) is 4.00. The van der Waals surface area contributed by atoms with Gasteiger partial charge in [0.15, 0.2) is 5.76 Å². The van der Waals surface area contributed by atoms with E-state index in [0.29, 0.717) is 0 Å². The lowest BCUT2D eigenvalue weighted by molar-refractivity contribution is 0.0743. The standard InChI is InChI=1S/C14H15NO3/c1-10-6-4-7-11(2)13(10)15(17-3)14(16)12-8-5-9-18-12/h4-9H,1-3H3. The smallest absolute Gasteiger partial charge is 0.317 e. The molecule has 4 nitrogen and oxygen atoms in total. The molecule has 0 N–H and O–H groups in total. The van der Waals surface area contributed by atoms with Crippen LogP contribution in [0.25, 0.3) is 0 Å². The number of amides is 1. The molecule has 0 radical (unpaired) electrons. The number of aryl methyl sites for hydroxylation is 2. The summed E-state index contributed by atoms with van der Waals surface area (Å²) in [5.41, 5.74) is 2.69.